The maximum absolute atomic E-state index is 5.62. The number of nitrogens with one attached hydrogen (secondary N) is 1. The molecule has 0 radical (unpaired) electrons. The predicted molar refractivity (Wildman–Crippen MR) is 73.0 cm³/mol. The molecule has 5 heteroatoms. The van der Waals surface area contributed by atoms with E-state index in [1.54, 1.807) is 0 Å². The third-order valence-corrected chi connectivity index (χ3v) is 4.05. The second-order valence-electron chi connectivity index (χ2n) is 5.12. The lowest BCUT2D eigenvalue weighted by molar-refractivity contribution is 0.277. The average Bonchev–Trinajstić information content (AvgIpc) is 2.85. The normalized spacial score (nSPS) is 24.1. The van der Waals surface area contributed by atoms with Gasteiger partial charge in [-0.3, -0.25) is 0 Å². The van der Waals surface area contributed by atoms with Crippen LogP contribution in [-0.2, 0) is 6.42 Å². The van der Waals surface area contributed by atoms with Gasteiger partial charge in [0.2, 0.25) is 5.89 Å². The first-order chi connectivity index (χ1) is 8.81. The molecule has 0 atom stereocenters. The average molecular weight is 272 g/mol. The van der Waals surface area contributed by atoms with Crippen LogP contribution in [0, 0.1) is 11.8 Å². The van der Waals surface area contributed by atoms with Gasteiger partial charge in [0.15, 0.2) is 0 Å². The lowest BCUT2D eigenvalue weighted by Crippen LogP contribution is -2.21. The zero-order valence-corrected chi connectivity index (χ0v) is 11.7. The molecule has 0 aromatic carbocycles. The van der Waals surface area contributed by atoms with Gasteiger partial charge >= 0.3 is 6.01 Å². The number of rotatable bonds is 6. The first-order valence-corrected chi connectivity index (χ1v) is 7.47. The Morgan fingerprint density at radius 1 is 1.22 bits per heavy atom. The number of halogens is 1. The van der Waals surface area contributed by atoms with Gasteiger partial charge in [0.05, 0.1) is 0 Å². The summed E-state index contributed by atoms with van der Waals surface area (Å²) in [6.07, 6.45) is 7.32. The molecule has 1 aromatic rings. The molecule has 0 amide bonds. The molecule has 102 valence electrons. The number of hydrogen-bond acceptors (Lipinski definition) is 4. The summed E-state index contributed by atoms with van der Waals surface area (Å²) in [5.41, 5.74) is 0. The van der Waals surface area contributed by atoms with Crippen LogP contribution in [-0.4, -0.2) is 22.6 Å². The van der Waals surface area contributed by atoms with Crippen molar-refractivity contribution in [1.29, 1.82) is 0 Å². The fraction of sp³-hybridized carbons (Fsp3) is 0.846. The van der Waals surface area contributed by atoms with E-state index in [-0.39, 0.29) is 0 Å². The summed E-state index contributed by atoms with van der Waals surface area (Å²) in [7, 11) is 0. The first-order valence-electron chi connectivity index (χ1n) is 6.94. The highest BCUT2D eigenvalue weighted by Crippen LogP contribution is 2.30. The first kappa shape index (κ1) is 13.7. The van der Waals surface area contributed by atoms with Crippen molar-refractivity contribution in [1.82, 2.24) is 10.2 Å². The van der Waals surface area contributed by atoms with Crippen molar-refractivity contribution in [3.8, 4) is 0 Å². The molecule has 18 heavy (non-hydrogen) atoms. The van der Waals surface area contributed by atoms with Crippen LogP contribution in [0.15, 0.2) is 4.42 Å². The van der Waals surface area contributed by atoms with Crippen molar-refractivity contribution in [2.45, 2.75) is 45.4 Å². The fourth-order valence-corrected chi connectivity index (χ4v) is 2.74. The van der Waals surface area contributed by atoms with E-state index in [1.807, 2.05) is 0 Å². The molecule has 0 spiro atoms. The summed E-state index contributed by atoms with van der Waals surface area (Å²) < 4.78 is 5.44. The second-order valence-corrected chi connectivity index (χ2v) is 5.49. The van der Waals surface area contributed by atoms with Crippen LogP contribution in [0.5, 0.6) is 0 Å². The Morgan fingerprint density at radius 2 is 1.94 bits per heavy atom. The molecule has 1 aliphatic carbocycles. The van der Waals surface area contributed by atoms with Crippen LogP contribution >= 0.6 is 11.6 Å². The van der Waals surface area contributed by atoms with Gasteiger partial charge in [0.1, 0.15) is 0 Å². The lowest BCUT2D eigenvalue weighted by Gasteiger charge is -2.27. The Balaban J connectivity index is 1.71. The number of hydrogen-bond donors (Lipinski definition) is 1. The van der Waals surface area contributed by atoms with Crippen LogP contribution in [0.4, 0.5) is 6.01 Å². The summed E-state index contributed by atoms with van der Waals surface area (Å²) in [6.45, 7) is 3.24. The fourth-order valence-electron chi connectivity index (χ4n) is 2.58. The Labute approximate surface area is 113 Å². The molecular weight excluding hydrogens is 250 g/mol. The van der Waals surface area contributed by atoms with Crippen molar-refractivity contribution in [2.75, 3.05) is 17.7 Å². The summed E-state index contributed by atoms with van der Waals surface area (Å²) in [4.78, 5) is 0. The minimum atomic E-state index is 0.517. The smallest absolute Gasteiger partial charge is 0.315 e. The molecule has 1 aromatic heterocycles. The predicted octanol–water partition coefficient (Wildman–Crippen LogP) is 3.48. The van der Waals surface area contributed by atoms with Gasteiger partial charge in [0.25, 0.3) is 0 Å². The van der Waals surface area contributed by atoms with E-state index in [1.165, 1.54) is 32.1 Å². The molecule has 0 unspecified atom stereocenters. The second kappa shape index (κ2) is 6.98. The van der Waals surface area contributed by atoms with E-state index >= 15 is 0 Å². The maximum atomic E-state index is 5.62. The van der Waals surface area contributed by atoms with Gasteiger partial charge in [-0.05, 0) is 24.7 Å². The van der Waals surface area contributed by atoms with Crippen molar-refractivity contribution < 1.29 is 4.42 Å². The molecule has 4 nitrogen and oxygen atoms in total. The van der Waals surface area contributed by atoms with Crippen molar-refractivity contribution >= 4 is 17.6 Å². The SMILES string of the molecule is CCC1CCC(CNc2nnc(CCCl)o2)CC1. The molecule has 0 bridgehead atoms. The number of nitrogens with zero attached hydrogens (tertiary/aromatic N) is 2. The number of aromatic nitrogens is 2. The van der Waals surface area contributed by atoms with Crippen molar-refractivity contribution in [2.24, 2.45) is 11.8 Å². The van der Waals surface area contributed by atoms with E-state index in [2.05, 4.69) is 22.4 Å². The molecular formula is C13H22ClN3O. The zero-order chi connectivity index (χ0) is 12.8. The van der Waals surface area contributed by atoms with Crippen molar-refractivity contribution in [3.63, 3.8) is 0 Å². The monoisotopic (exact) mass is 271 g/mol. The van der Waals surface area contributed by atoms with Crippen molar-refractivity contribution in [3.05, 3.63) is 5.89 Å². The summed E-state index contributed by atoms with van der Waals surface area (Å²) in [6, 6.07) is 0.535. The molecule has 1 aliphatic rings. The highest BCUT2D eigenvalue weighted by Gasteiger charge is 2.20. The minimum absolute atomic E-state index is 0.517. The molecule has 1 N–H and O–H groups in total. The topological polar surface area (TPSA) is 51.0 Å². The number of aryl methyl sites for hydroxylation is 1. The van der Waals surface area contributed by atoms with E-state index in [9.17, 15) is 0 Å². The van der Waals surface area contributed by atoms with E-state index in [4.69, 9.17) is 16.0 Å². The third kappa shape index (κ3) is 3.87. The molecule has 0 aliphatic heterocycles. The maximum Gasteiger partial charge on any atom is 0.315 e. The van der Waals surface area contributed by atoms with Gasteiger partial charge in [-0.15, -0.1) is 16.7 Å². The van der Waals surface area contributed by atoms with Gasteiger partial charge in [-0.1, -0.05) is 31.3 Å². The lowest BCUT2D eigenvalue weighted by atomic mass is 9.81. The van der Waals surface area contributed by atoms with Crippen LogP contribution in [0.1, 0.15) is 44.9 Å². The number of alkyl halides is 1. The minimum Gasteiger partial charge on any atom is -0.408 e. The quantitative estimate of drug-likeness (QED) is 0.805. The van der Waals surface area contributed by atoms with Gasteiger partial charge in [-0.25, -0.2) is 0 Å². The molecule has 1 saturated carbocycles. The summed E-state index contributed by atoms with van der Waals surface area (Å²) >= 11 is 5.62. The molecule has 2 rings (SSSR count). The van der Waals surface area contributed by atoms with Crippen LogP contribution in [0.3, 0.4) is 0 Å². The van der Waals surface area contributed by atoms with E-state index in [0.29, 0.717) is 24.2 Å². The Kier molecular flexibility index (Phi) is 5.29. The number of anilines is 1. The highest BCUT2D eigenvalue weighted by atomic mass is 35.5. The van der Waals surface area contributed by atoms with Crippen LogP contribution in [0.25, 0.3) is 0 Å². The Bertz CT molecular complexity index is 348. The van der Waals surface area contributed by atoms with Crippen LogP contribution in [0.2, 0.25) is 0 Å². The van der Waals surface area contributed by atoms with Crippen LogP contribution < -0.4 is 5.32 Å². The van der Waals surface area contributed by atoms with Gasteiger partial charge < -0.3 is 9.73 Å². The summed E-state index contributed by atoms with van der Waals surface area (Å²) in [5.74, 6) is 2.82. The largest absolute Gasteiger partial charge is 0.408 e. The zero-order valence-electron chi connectivity index (χ0n) is 11.0. The standard InChI is InChI=1S/C13H22ClN3O/c1-2-10-3-5-11(6-4-10)9-15-13-17-16-12(18-13)7-8-14/h10-11H,2-9H2,1H3,(H,15,17). The van der Waals surface area contributed by atoms with Gasteiger partial charge in [-0.2, -0.15) is 0 Å². The Morgan fingerprint density at radius 3 is 2.61 bits per heavy atom. The highest BCUT2D eigenvalue weighted by molar-refractivity contribution is 6.17. The van der Waals surface area contributed by atoms with E-state index in [0.717, 1.165) is 18.4 Å². The van der Waals surface area contributed by atoms with E-state index < -0.39 is 0 Å². The summed E-state index contributed by atoms with van der Waals surface area (Å²) in [5, 5.41) is 11.1. The molecule has 1 heterocycles. The van der Waals surface area contributed by atoms with Gasteiger partial charge in [0, 0.05) is 18.8 Å². The Hall–Kier alpha value is -0.770. The molecule has 0 saturated heterocycles. The third-order valence-electron chi connectivity index (χ3n) is 3.86. The molecule has 1 fully saturated rings.